The third-order valence-electron chi connectivity index (χ3n) is 4.00. The number of hydroxylamine groups is 1. The molecule has 0 aliphatic carbocycles. The van der Waals surface area contributed by atoms with Gasteiger partial charge < -0.3 is 4.84 Å². The van der Waals surface area contributed by atoms with Gasteiger partial charge in [-0.2, -0.15) is 13.2 Å². The Balaban J connectivity index is 2.09. The third kappa shape index (κ3) is 6.09. The molecule has 0 saturated carbocycles. The highest BCUT2D eigenvalue weighted by molar-refractivity contribution is 5.88. The first kappa shape index (κ1) is 21.4. The van der Waals surface area contributed by atoms with Crippen molar-refractivity contribution in [3.63, 3.8) is 0 Å². The lowest BCUT2D eigenvalue weighted by Gasteiger charge is -2.13. The average Bonchev–Trinajstić information content (AvgIpc) is 2.68. The van der Waals surface area contributed by atoms with Crippen LogP contribution in [0, 0.1) is 0 Å². The number of nitrogens with zero attached hydrogens (tertiary/aromatic N) is 2. The first-order valence-corrected chi connectivity index (χ1v) is 8.54. The molecule has 1 atom stereocenters. The zero-order valence-corrected chi connectivity index (χ0v) is 15.8. The highest BCUT2D eigenvalue weighted by Gasteiger charge is 2.30. The highest BCUT2D eigenvalue weighted by atomic mass is 19.4. The second kappa shape index (κ2) is 9.89. The number of amidine groups is 1. The number of oxime groups is 1. The molecule has 1 N–H and O–H groups in total. The number of halogens is 3. The van der Waals surface area contributed by atoms with Gasteiger partial charge in [0, 0.05) is 13.5 Å². The molecule has 2 aromatic rings. The minimum absolute atomic E-state index is 0.393. The van der Waals surface area contributed by atoms with E-state index in [1.165, 1.54) is 19.4 Å². The van der Waals surface area contributed by atoms with Gasteiger partial charge in [0.2, 0.25) is 0 Å². The Bertz CT molecular complexity index is 835. The Morgan fingerprint density at radius 3 is 2.61 bits per heavy atom. The SMILES string of the molecule is CN=C(Cc1ccccc1/C=N/OC(C)c1cccc(C(F)(F)F)c1)NOC. The summed E-state index contributed by atoms with van der Waals surface area (Å²) in [5, 5.41) is 3.95. The monoisotopic (exact) mass is 393 g/mol. The fraction of sp³-hybridized carbons (Fsp3) is 0.300. The van der Waals surface area contributed by atoms with Gasteiger partial charge >= 0.3 is 6.18 Å². The summed E-state index contributed by atoms with van der Waals surface area (Å²) >= 11 is 0. The molecule has 0 spiro atoms. The van der Waals surface area contributed by atoms with Crippen LogP contribution in [0.1, 0.15) is 35.3 Å². The molecule has 2 rings (SSSR count). The Hall–Kier alpha value is -2.87. The van der Waals surface area contributed by atoms with Gasteiger partial charge in [-0.25, -0.2) is 0 Å². The van der Waals surface area contributed by atoms with E-state index in [4.69, 9.17) is 9.68 Å². The lowest BCUT2D eigenvalue weighted by atomic mass is 10.1. The number of aliphatic imine (C=N–C) groups is 1. The quantitative estimate of drug-likeness (QED) is 0.427. The van der Waals surface area contributed by atoms with Crippen LogP contribution < -0.4 is 5.48 Å². The Kier molecular flexibility index (Phi) is 7.57. The maximum Gasteiger partial charge on any atom is 0.416 e. The van der Waals surface area contributed by atoms with Crippen LogP contribution in [0.3, 0.4) is 0 Å². The molecule has 28 heavy (non-hydrogen) atoms. The van der Waals surface area contributed by atoms with Gasteiger partial charge in [0.25, 0.3) is 0 Å². The molecule has 0 heterocycles. The normalized spacial score (nSPS) is 13.6. The van der Waals surface area contributed by atoms with E-state index in [0.29, 0.717) is 17.8 Å². The molecular formula is C20H22F3N3O2. The van der Waals surface area contributed by atoms with E-state index in [0.717, 1.165) is 23.3 Å². The summed E-state index contributed by atoms with van der Waals surface area (Å²) < 4.78 is 38.5. The lowest BCUT2D eigenvalue weighted by Crippen LogP contribution is -2.24. The number of alkyl halides is 3. The molecule has 0 saturated heterocycles. The predicted octanol–water partition coefficient (Wildman–Crippen LogP) is 4.54. The molecule has 0 amide bonds. The number of hydrogen-bond acceptors (Lipinski definition) is 4. The first-order valence-electron chi connectivity index (χ1n) is 8.54. The molecule has 0 bridgehead atoms. The van der Waals surface area contributed by atoms with Crippen LogP contribution in [0.5, 0.6) is 0 Å². The molecule has 150 valence electrons. The summed E-state index contributed by atoms with van der Waals surface area (Å²) in [6, 6.07) is 12.5. The van der Waals surface area contributed by atoms with E-state index in [2.05, 4.69) is 15.6 Å². The molecule has 0 aliphatic rings. The second-order valence-corrected chi connectivity index (χ2v) is 5.96. The van der Waals surface area contributed by atoms with Crippen molar-refractivity contribution in [1.29, 1.82) is 0 Å². The molecule has 0 aliphatic heterocycles. The van der Waals surface area contributed by atoms with E-state index in [1.807, 2.05) is 24.3 Å². The fourth-order valence-corrected chi connectivity index (χ4v) is 2.49. The van der Waals surface area contributed by atoms with E-state index >= 15 is 0 Å². The molecule has 0 aromatic heterocycles. The van der Waals surface area contributed by atoms with Crippen molar-refractivity contribution in [2.24, 2.45) is 10.1 Å². The fourth-order valence-electron chi connectivity index (χ4n) is 2.49. The van der Waals surface area contributed by atoms with E-state index in [1.54, 1.807) is 20.0 Å². The molecule has 8 heteroatoms. The predicted molar refractivity (Wildman–Crippen MR) is 102 cm³/mol. The molecular weight excluding hydrogens is 371 g/mol. The first-order chi connectivity index (χ1) is 13.3. The minimum atomic E-state index is -4.40. The molecule has 1 unspecified atom stereocenters. The van der Waals surface area contributed by atoms with Gasteiger partial charge in [-0.3, -0.25) is 15.3 Å². The van der Waals surface area contributed by atoms with Crippen LogP contribution in [0.4, 0.5) is 13.2 Å². The van der Waals surface area contributed by atoms with Crippen molar-refractivity contribution in [1.82, 2.24) is 5.48 Å². The largest absolute Gasteiger partial charge is 0.416 e. The third-order valence-corrected chi connectivity index (χ3v) is 4.00. The van der Waals surface area contributed by atoms with Gasteiger partial charge in [0.1, 0.15) is 11.9 Å². The molecule has 0 radical (unpaired) electrons. The summed E-state index contributed by atoms with van der Waals surface area (Å²) in [6.07, 6.45) is -3.00. The lowest BCUT2D eigenvalue weighted by molar-refractivity contribution is -0.137. The van der Waals surface area contributed by atoms with Crippen molar-refractivity contribution >= 4 is 12.1 Å². The Morgan fingerprint density at radius 1 is 1.18 bits per heavy atom. The van der Waals surface area contributed by atoms with Gasteiger partial charge in [0.15, 0.2) is 0 Å². The number of rotatable bonds is 7. The van der Waals surface area contributed by atoms with Crippen LogP contribution >= 0.6 is 0 Å². The summed E-state index contributed by atoms with van der Waals surface area (Å²) in [4.78, 5) is 14.4. The Labute approximate surface area is 161 Å². The smallest absolute Gasteiger partial charge is 0.388 e. The molecule has 0 fully saturated rings. The van der Waals surface area contributed by atoms with Gasteiger partial charge in [0.05, 0.1) is 18.9 Å². The molecule has 5 nitrogen and oxygen atoms in total. The Morgan fingerprint density at radius 2 is 1.93 bits per heavy atom. The van der Waals surface area contributed by atoms with Crippen molar-refractivity contribution in [3.8, 4) is 0 Å². The van der Waals surface area contributed by atoms with Crippen molar-refractivity contribution in [3.05, 3.63) is 70.8 Å². The topological polar surface area (TPSA) is 55.2 Å². The number of hydrogen-bond donors (Lipinski definition) is 1. The van der Waals surface area contributed by atoms with Crippen LogP contribution in [0.25, 0.3) is 0 Å². The van der Waals surface area contributed by atoms with Crippen LogP contribution in [0.15, 0.2) is 58.7 Å². The second-order valence-electron chi connectivity index (χ2n) is 5.96. The zero-order chi connectivity index (χ0) is 20.6. The molecule has 2 aromatic carbocycles. The number of benzene rings is 2. The van der Waals surface area contributed by atoms with E-state index < -0.39 is 17.8 Å². The standard InChI is InChI=1S/C20H22F3N3O2/c1-14(15-9-6-10-18(11-15)20(21,22)23)28-25-13-17-8-5-4-7-16(17)12-19(24-2)26-27-3/h4-11,13-14H,12H2,1-3H3,(H,24,26)/b25-13+. The van der Waals surface area contributed by atoms with Gasteiger partial charge in [-0.15, -0.1) is 0 Å². The number of nitrogens with one attached hydrogen (secondary N) is 1. The van der Waals surface area contributed by atoms with Crippen molar-refractivity contribution < 1.29 is 22.8 Å². The van der Waals surface area contributed by atoms with Crippen molar-refractivity contribution in [2.45, 2.75) is 25.6 Å². The van der Waals surface area contributed by atoms with Crippen molar-refractivity contribution in [2.75, 3.05) is 14.2 Å². The summed E-state index contributed by atoms with van der Waals surface area (Å²) in [5.74, 6) is 0.640. The van der Waals surface area contributed by atoms with E-state index in [-0.39, 0.29) is 0 Å². The maximum absolute atomic E-state index is 12.8. The highest BCUT2D eigenvalue weighted by Crippen LogP contribution is 2.31. The summed E-state index contributed by atoms with van der Waals surface area (Å²) in [5.41, 5.74) is 4.12. The average molecular weight is 393 g/mol. The zero-order valence-electron chi connectivity index (χ0n) is 15.8. The maximum atomic E-state index is 12.8. The van der Waals surface area contributed by atoms with Crippen LogP contribution in [0.2, 0.25) is 0 Å². The van der Waals surface area contributed by atoms with E-state index in [9.17, 15) is 13.2 Å². The minimum Gasteiger partial charge on any atom is -0.388 e. The summed E-state index contributed by atoms with van der Waals surface area (Å²) in [7, 11) is 3.15. The van der Waals surface area contributed by atoms with Crippen LogP contribution in [-0.2, 0) is 22.3 Å². The van der Waals surface area contributed by atoms with Gasteiger partial charge in [-0.1, -0.05) is 41.6 Å². The summed E-state index contributed by atoms with van der Waals surface area (Å²) in [6.45, 7) is 1.64. The van der Waals surface area contributed by atoms with Crippen LogP contribution in [-0.4, -0.2) is 26.2 Å². The van der Waals surface area contributed by atoms with Gasteiger partial charge in [-0.05, 0) is 35.7 Å².